The number of aryl methyl sites for hydroxylation is 1. The Hall–Kier alpha value is -4.13. The number of hydrogen-bond acceptors (Lipinski definition) is 5. The maximum absolute atomic E-state index is 11.2. The Morgan fingerprint density at radius 2 is 1.69 bits per heavy atom. The van der Waals surface area contributed by atoms with Crippen LogP contribution < -0.4 is 0 Å². The van der Waals surface area contributed by atoms with Gasteiger partial charge in [0.2, 0.25) is 0 Å². The van der Waals surface area contributed by atoms with Crippen molar-refractivity contribution in [2.24, 2.45) is 0 Å². The lowest BCUT2D eigenvalue weighted by atomic mass is 10.1. The fourth-order valence-corrected chi connectivity index (χ4v) is 3.48. The van der Waals surface area contributed by atoms with E-state index in [0.717, 1.165) is 22.2 Å². The van der Waals surface area contributed by atoms with Crippen molar-refractivity contribution < 1.29 is 4.92 Å². The lowest BCUT2D eigenvalue weighted by Gasteiger charge is -2.09. The Bertz CT molecular complexity index is 1390. The molecule has 0 spiro atoms. The first kappa shape index (κ1) is 17.0. The fraction of sp³-hybridized carbons (Fsp3) is 0.0455. The predicted molar refractivity (Wildman–Crippen MR) is 111 cm³/mol. The van der Waals surface area contributed by atoms with Crippen LogP contribution in [0, 0.1) is 17.0 Å². The largest absolute Gasteiger partial charge is 0.271 e. The van der Waals surface area contributed by atoms with E-state index in [9.17, 15) is 10.1 Å². The minimum atomic E-state index is -0.411. The van der Waals surface area contributed by atoms with E-state index in [1.165, 1.54) is 12.1 Å². The summed E-state index contributed by atoms with van der Waals surface area (Å²) < 4.78 is 1.93. The molecule has 0 fully saturated rings. The van der Waals surface area contributed by atoms with Crippen molar-refractivity contribution in [3.8, 4) is 22.6 Å². The predicted octanol–water partition coefficient (Wildman–Crippen LogP) is 4.83. The summed E-state index contributed by atoms with van der Waals surface area (Å²) in [5.74, 6) is 0.541. The highest BCUT2D eigenvalue weighted by Gasteiger charge is 2.19. The van der Waals surface area contributed by atoms with Crippen LogP contribution >= 0.6 is 0 Å². The van der Waals surface area contributed by atoms with E-state index in [2.05, 4.69) is 10.2 Å². The minimum Gasteiger partial charge on any atom is -0.271 e. The van der Waals surface area contributed by atoms with Crippen LogP contribution in [0.3, 0.4) is 0 Å². The second-order valence-corrected chi connectivity index (χ2v) is 6.81. The molecule has 5 aromatic rings. The molecule has 7 heteroatoms. The third-order valence-electron chi connectivity index (χ3n) is 4.84. The summed E-state index contributed by atoms with van der Waals surface area (Å²) in [6.45, 7) is 2.01. The monoisotopic (exact) mass is 381 g/mol. The molecule has 0 aliphatic rings. The molecule has 0 aliphatic heterocycles. The van der Waals surface area contributed by atoms with E-state index in [1.807, 2.05) is 59.9 Å². The van der Waals surface area contributed by atoms with Crippen molar-refractivity contribution >= 4 is 22.4 Å². The number of hydrogen-bond donors (Lipinski definition) is 0. The van der Waals surface area contributed by atoms with Crippen molar-refractivity contribution in [1.82, 2.24) is 19.6 Å². The van der Waals surface area contributed by atoms with Crippen LogP contribution in [-0.2, 0) is 0 Å². The zero-order valence-corrected chi connectivity index (χ0v) is 15.5. The van der Waals surface area contributed by atoms with Crippen LogP contribution in [0.4, 0.5) is 5.69 Å². The lowest BCUT2D eigenvalue weighted by Crippen LogP contribution is -1.98. The minimum absolute atomic E-state index is 0.0112. The van der Waals surface area contributed by atoms with Crippen molar-refractivity contribution in [3.63, 3.8) is 0 Å². The zero-order chi connectivity index (χ0) is 20.0. The summed E-state index contributed by atoms with van der Waals surface area (Å²) in [5.41, 5.74) is 5.61. The fourth-order valence-electron chi connectivity index (χ4n) is 3.48. The van der Waals surface area contributed by atoms with Crippen molar-refractivity contribution in [2.75, 3.05) is 0 Å². The normalized spacial score (nSPS) is 11.2. The molecule has 7 nitrogen and oxygen atoms in total. The molecule has 0 bridgehead atoms. The van der Waals surface area contributed by atoms with E-state index in [0.29, 0.717) is 22.7 Å². The van der Waals surface area contributed by atoms with Gasteiger partial charge >= 0.3 is 0 Å². The van der Waals surface area contributed by atoms with Crippen LogP contribution in [-0.4, -0.2) is 24.5 Å². The molecule has 0 saturated carbocycles. The number of nitro benzene ring substituents is 1. The standard InChI is InChI=1S/C22H15N5O2/c1-14-10-11-18-19(12-14)26-21(16-8-5-9-17(13-16)27(28)29)24-25-22(26)20(23-18)15-6-3-2-4-7-15/h2-13H,1H3. The molecule has 2 heterocycles. The SMILES string of the molecule is Cc1ccc2nc(-c3ccccc3)c3nnc(-c4cccc([N+](=O)[O-])c4)n3c2c1. The first-order chi connectivity index (χ1) is 14.1. The van der Waals surface area contributed by atoms with E-state index < -0.39 is 4.92 Å². The second kappa shape index (κ2) is 6.49. The number of fused-ring (bicyclic) bond motifs is 3. The Morgan fingerprint density at radius 1 is 0.897 bits per heavy atom. The highest BCUT2D eigenvalue weighted by molar-refractivity contribution is 5.88. The Labute approximate surface area is 165 Å². The Balaban J connectivity index is 1.89. The van der Waals surface area contributed by atoms with Gasteiger partial charge in [-0.1, -0.05) is 48.5 Å². The van der Waals surface area contributed by atoms with Crippen LogP contribution in [0.15, 0.2) is 72.8 Å². The lowest BCUT2D eigenvalue weighted by molar-refractivity contribution is -0.384. The van der Waals surface area contributed by atoms with Crippen LogP contribution in [0.5, 0.6) is 0 Å². The summed E-state index contributed by atoms with van der Waals surface area (Å²) in [5, 5.41) is 20.0. The smallest absolute Gasteiger partial charge is 0.270 e. The van der Waals surface area contributed by atoms with E-state index in [-0.39, 0.29) is 5.69 Å². The summed E-state index contributed by atoms with van der Waals surface area (Å²) in [6.07, 6.45) is 0. The van der Waals surface area contributed by atoms with Gasteiger partial charge in [0.15, 0.2) is 11.5 Å². The average molecular weight is 381 g/mol. The van der Waals surface area contributed by atoms with Crippen LogP contribution in [0.2, 0.25) is 0 Å². The molecule has 5 rings (SSSR count). The quantitative estimate of drug-likeness (QED) is 0.330. The molecular formula is C22H15N5O2. The van der Waals surface area contributed by atoms with Crippen LogP contribution in [0.25, 0.3) is 39.3 Å². The molecule has 0 unspecified atom stereocenters. The Morgan fingerprint density at radius 3 is 2.48 bits per heavy atom. The number of rotatable bonds is 3. The van der Waals surface area contributed by atoms with Gasteiger partial charge in [0.05, 0.1) is 16.0 Å². The van der Waals surface area contributed by atoms with Crippen molar-refractivity contribution in [1.29, 1.82) is 0 Å². The number of benzene rings is 3. The molecule has 29 heavy (non-hydrogen) atoms. The number of nitro groups is 1. The van der Waals surface area contributed by atoms with Crippen molar-refractivity contribution in [3.05, 3.63) is 88.5 Å². The number of aromatic nitrogens is 4. The third kappa shape index (κ3) is 2.80. The molecule has 0 radical (unpaired) electrons. The van der Waals surface area contributed by atoms with Gasteiger partial charge in [-0.3, -0.25) is 14.5 Å². The highest BCUT2D eigenvalue weighted by atomic mass is 16.6. The van der Waals surface area contributed by atoms with Gasteiger partial charge in [-0.05, 0) is 24.6 Å². The zero-order valence-electron chi connectivity index (χ0n) is 15.5. The summed E-state index contributed by atoms with van der Waals surface area (Å²) in [4.78, 5) is 15.7. The highest BCUT2D eigenvalue weighted by Crippen LogP contribution is 2.31. The maximum Gasteiger partial charge on any atom is 0.270 e. The average Bonchev–Trinajstić information content (AvgIpc) is 3.19. The molecular weight excluding hydrogens is 366 g/mol. The van der Waals surface area contributed by atoms with Gasteiger partial charge in [0.25, 0.3) is 5.69 Å². The van der Waals surface area contributed by atoms with Crippen LogP contribution in [0.1, 0.15) is 5.56 Å². The summed E-state index contributed by atoms with van der Waals surface area (Å²) in [6, 6.07) is 22.2. The van der Waals surface area contributed by atoms with E-state index in [4.69, 9.17) is 4.98 Å². The topological polar surface area (TPSA) is 86.2 Å². The molecule has 0 N–H and O–H groups in total. The first-order valence-corrected chi connectivity index (χ1v) is 9.07. The van der Waals surface area contributed by atoms with Gasteiger partial charge in [0, 0.05) is 23.3 Å². The molecule has 0 aliphatic carbocycles. The van der Waals surface area contributed by atoms with Gasteiger partial charge < -0.3 is 0 Å². The maximum atomic E-state index is 11.2. The summed E-state index contributed by atoms with van der Waals surface area (Å²) >= 11 is 0. The number of nitrogens with zero attached hydrogens (tertiary/aromatic N) is 5. The van der Waals surface area contributed by atoms with E-state index >= 15 is 0 Å². The summed E-state index contributed by atoms with van der Waals surface area (Å²) in [7, 11) is 0. The molecule has 0 amide bonds. The van der Waals surface area contributed by atoms with Gasteiger partial charge in [-0.15, -0.1) is 10.2 Å². The van der Waals surface area contributed by atoms with E-state index in [1.54, 1.807) is 12.1 Å². The second-order valence-electron chi connectivity index (χ2n) is 6.81. The van der Waals surface area contributed by atoms with Gasteiger partial charge in [-0.2, -0.15) is 0 Å². The molecule has 0 atom stereocenters. The molecule has 2 aromatic heterocycles. The van der Waals surface area contributed by atoms with Gasteiger partial charge in [0.1, 0.15) is 5.69 Å². The Kier molecular flexibility index (Phi) is 3.80. The molecule has 140 valence electrons. The van der Waals surface area contributed by atoms with Gasteiger partial charge in [-0.25, -0.2) is 4.98 Å². The molecule has 3 aromatic carbocycles. The first-order valence-electron chi connectivity index (χ1n) is 9.07. The third-order valence-corrected chi connectivity index (χ3v) is 4.84. The molecule has 0 saturated heterocycles. The van der Waals surface area contributed by atoms with Crippen molar-refractivity contribution in [2.45, 2.75) is 6.92 Å². The number of non-ortho nitro benzene ring substituents is 1.